The largest absolute Gasteiger partial charge is 0.494 e. The van der Waals surface area contributed by atoms with Crippen molar-refractivity contribution in [3.8, 4) is 11.5 Å². The predicted octanol–water partition coefficient (Wildman–Crippen LogP) is 4.70. The van der Waals surface area contributed by atoms with Crippen molar-refractivity contribution < 1.29 is 19.4 Å². The lowest BCUT2D eigenvalue weighted by Crippen LogP contribution is -2.26. The number of imidazole rings is 1. The molecule has 3 aromatic carbocycles. The van der Waals surface area contributed by atoms with Crippen LogP contribution in [-0.2, 0) is 11.3 Å². The van der Waals surface area contributed by atoms with Gasteiger partial charge >= 0.3 is 0 Å². The van der Waals surface area contributed by atoms with Gasteiger partial charge in [-0.25, -0.2) is 4.98 Å². The summed E-state index contributed by atoms with van der Waals surface area (Å²) in [6.07, 6.45) is -0.368. The summed E-state index contributed by atoms with van der Waals surface area (Å²) in [6, 6.07) is 23.3. The summed E-state index contributed by atoms with van der Waals surface area (Å²) in [5.41, 5.74) is 3.67. The molecule has 0 saturated carbocycles. The Hall–Kier alpha value is -3.84. The van der Waals surface area contributed by atoms with Crippen LogP contribution in [0.25, 0.3) is 11.0 Å². The van der Waals surface area contributed by atoms with Crippen molar-refractivity contribution in [2.75, 3.05) is 24.7 Å². The van der Waals surface area contributed by atoms with Crippen molar-refractivity contribution >= 4 is 22.6 Å². The molecule has 7 heteroatoms. The predicted molar refractivity (Wildman–Crippen MR) is 140 cm³/mol. The van der Waals surface area contributed by atoms with E-state index in [2.05, 4.69) is 0 Å². The van der Waals surface area contributed by atoms with Crippen molar-refractivity contribution in [2.45, 2.75) is 38.8 Å². The van der Waals surface area contributed by atoms with E-state index in [0.29, 0.717) is 26.1 Å². The highest BCUT2D eigenvalue weighted by Gasteiger charge is 2.35. The molecule has 1 N–H and O–H groups in total. The quantitative estimate of drug-likeness (QED) is 0.372. The van der Waals surface area contributed by atoms with E-state index in [1.165, 1.54) is 0 Å². The summed E-state index contributed by atoms with van der Waals surface area (Å²) < 4.78 is 13.5. The summed E-state index contributed by atoms with van der Waals surface area (Å²) >= 11 is 0. The van der Waals surface area contributed by atoms with Crippen LogP contribution >= 0.6 is 0 Å². The number of hydrogen-bond acceptors (Lipinski definition) is 5. The normalized spacial score (nSPS) is 16.5. The molecule has 4 aromatic rings. The van der Waals surface area contributed by atoms with Gasteiger partial charge in [0.25, 0.3) is 0 Å². The lowest BCUT2D eigenvalue weighted by atomic mass is 10.1. The number of aliphatic hydroxyl groups excluding tert-OH is 1. The maximum atomic E-state index is 13.0. The molecule has 1 aliphatic rings. The molecule has 2 atom stereocenters. The van der Waals surface area contributed by atoms with Gasteiger partial charge in [0, 0.05) is 24.6 Å². The highest BCUT2D eigenvalue weighted by molar-refractivity contribution is 5.96. The molecule has 186 valence electrons. The zero-order valence-electron chi connectivity index (χ0n) is 20.6. The summed E-state index contributed by atoms with van der Waals surface area (Å²) in [4.78, 5) is 19.7. The Kier molecular flexibility index (Phi) is 6.91. The highest BCUT2D eigenvalue weighted by atomic mass is 16.5. The molecular weight excluding hydrogens is 454 g/mol. The van der Waals surface area contributed by atoms with Crippen LogP contribution in [0.4, 0.5) is 5.69 Å². The smallest absolute Gasteiger partial charge is 0.227 e. The van der Waals surface area contributed by atoms with E-state index in [9.17, 15) is 9.90 Å². The van der Waals surface area contributed by atoms with Crippen LogP contribution in [0, 0.1) is 6.92 Å². The lowest BCUT2D eigenvalue weighted by molar-refractivity contribution is -0.117. The van der Waals surface area contributed by atoms with Crippen LogP contribution in [0.3, 0.4) is 0 Å². The van der Waals surface area contributed by atoms with Gasteiger partial charge in [0.2, 0.25) is 5.91 Å². The van der Waals surface area contributed by atoms with E-state index in [0.717, 1.165) is 39.6 Å². The number of ether oxygens (including phenoxy) is 2. The second-order valence-electron chi connectivity index (χ2n) is 9.13. The van der Waals surface area contributed by atoms with Gasteiger partial charge in [0.05, 0.1) is 24.2 Å². The molecule has 1 fully saturated rings. The van der Waals surface area contributed by atoms with Gasteiger partial charge in [-0.3, -0.25) is 4.79 Å². The maximum Gasteiger partial charge on any atom is 0.227 e. The summed E-state index contributed by atoms with van der Waals surface area (Å²) in [5.74, 6) is 2.34. The number of aliphatic hydroxyl groups is 1. The molecule has 0 aliphatic carbocycles. The van der Waals surface area contributed by atoms with Gasteiger partial charge in [-0.1, -0.05) is 30.3 Å². The maximum absolute atomic E-state index is 13.0. The van der Waals surface area contributed by atoms with Crippen molar-refractivity contribution in [1.82, 2.24) is 9.55 Å². The Bertz CT molecular complexity index is 1350. The molecular formula is C29H31N3O4. The molecule has 2 heterocycles. The molecule has 0 radical (unpaired) electrons. The second kappa shape index (κ2) is 10.4. The SMILES string of the molecule is CCOc1ccc(N2C[C@@H](c3nc4ccccc4n3C[C@H](O)COc3ccccc3C)CC2=O)cc1. The highest BCUT2D eigenvalue weighted by Crippen LogP contribution is 2.34. The first-order valence-corrected chi connectivity index (χ1v) is 12.4. The Morgan fingerprint density at radius 2 is 1.78 bits per heavy atom. The lowest BCUT2D eigenvalue weighted by Gasteiger charge is -2.19. The summed E-state index contributed by atoms with van der Waals surface area (Å²) in [7, 11) is 0. The van der Waals surface area contributed by atoms with Gasteiger partial charge in [-0.15, -0.1) is 0 Å². The third-order valence-corrected chi connectivity index (χ3v) is 6.55. The molecule has 1 saturated heterocycles. The molecule has 1 aliphatic heterocycles. The Labute approximate surface area is 210 Å². The number of hydrogen-bond donors (Lipinski definition) is 1. The van der Waals surface area contributed by atoms with Gasteiger partial charge in [0.1, 0.15) is 30.0 Å². The number of para-hydroxylation sites is 3. The molecule has 0 spiro atoms. The van der Waals surface area contributed by atoms with Gasteiger partial charge in [-0.05, 0) is 61.9 Å². The zero-order chi connectivity index (χ0) is 25.1. The van der Waals surface area contributed by atoms with Crippen molar-refractivity contribution in [2.24, 2.45) is 0 Å². The number of rotatable bonds is 9. The van der Waals surface area contributed by atoms with E-state index in [-0.39, 0.29) is 18.4 Å². The van der Waals surface area contributed by atoms with Crippen LogP contribution in [0.15, 0.2) is 72.8 Å². The number of nitrogens with zero attached hydrogens (tertiary/aromatic N) is 3. The number of carbonyl (C=O) groups excluding carboxylic acids is 1. The Morgan fingerprint density at radius 3 is 2.56 bits per heavy atom. The number of aryl methyl sites for hydroxylation is 1. The monoisotopic (exact) mass is 485 g/mol. The molecule has 1 amide bonds. The zero-order valence-corrected chi connectivity index (χ0v) is 20.6. The fraction of sp³-hybridized carbons (Fsp3) is 0.310. The van der Waals surface area contributed by atoms with Gasteiger partial charge in [-0.2, -0.15) is 0 Å². The first-order chi connectivity index (χ1) is 17.5. The number of aromatic nitrogens is 2. The standard InChI is InChI=1S/C29H31N3O4/c1-3-35-24-14-12-22(13-15-24)31-17-21(16-28(31)34)29-30-25-9-5-6-10-26(25)32(29)18-23(33)19-36-27-11-7-4-8-20(27)2/h4-15,21,23,33H,3,16-19H2,1-2H3/t21-,23-/m0/s1. The number of carbonyl (C=O) groups is 1. The van der Waals surface area contributed by atoms with Gasteiger partial charge in [0.15, 0.2) is 0 Å². The average Bonchev–Trinajstić information content (AvgIpc) is 3.45. The minimum atomic E-state index is -0.736. The third kappa shape index (κ3) is 4.93. The van der Waals surface area contributed by atoms with E-state index in [4.69, 9.17) is 14.5 Å². The second-order valence-corrected chi connectivity index (χ2v) is 9.13. The minimum Gasteiger partial charge on any atom is -0.494 e. The molecule has 0 unspecified atom stereocenters. The van der Waals surface area contributed by atoms with Crippen LogP contribution in [0.5, 0.6) is 11.5 Å². The molecule has 0 bridgehead atoms. The number of amides is 1. The van der Waals surface area contributed by atoms with Crippen molar-refractivity contribution in [3.05, 3.63) is 84.2 Å². The van der Waals surface area contributed by atoms with Crippen molar-refractivity contribution in [3.63, 3.8) is 0 Å². The van der Waals surface area contributed by atoms with E-state index in [1.54, 1.807) is 0 Å². The number of anilines is 1. The van der Waals surface area contributed by atoms with E-state index in [1.807, 2.05) is 96.1 Å². The van der Waals surface area contributed by atoms with Crippen LogP contribution in [0.1, 0.15) is 30.7 Å². The summed E-state index contributed by atoms with van der Waals surface area (Å²) in [5, 5.41) is 10.9. The minimum absolute atomic E-state index is 0.0613. The van der Waals surface area contributed by atoms with Crippen LogP contribution in [-0.4, -0.2) is 46.4 Å². The molecule has 7 nitrogen and oxygen atoms in total. The van der Waals surface area contributed by atoms with Crippen LogP contribution in [0.2, 0.25) is 0 Å². The fourth-order valence-electron chi connectivity index (χ4n) is 4.78. The molecule has 1 aromatic heterocycles. The first-order valence-electron chi connectivity index (χ1n) is 12.4. The Morgan fingerprint density at radius 1 is 1.03 bits per heavy atom. The molecule has 36 heavy (non-hydrogen) atoms. The topological polar surface area (TPSA) is 76.8 Å². The van der Waals surface area contributed by atoms with E-state index < -0.39 is 6.10 Å². The third-order valence-electron chi connectivity index (χ3n) is 6.55. The number of benzene rings is 3. The number of fused-ring (bicyclic) bond motifs is 1. The molecule has 5 rings (SSSR count). The van der Waals surface area contributed by atoms with Crippen molar-refractivity contribution in [1.29, 1.82) is 0 Å². The average molecular weight is 486 g/mol. The fourth-order valence-corrected chi connectivity index (χ4v) is 4.78. The first kappa shape index (κ1) is 23.9. The van der Waals surface area contributed by atoms with Crippen LogP contribution < -0.4 is 14.4 Å². The summed E-state index contributed by atoms with van der Waals surface area (Å²) in [6.45, 7) is 5.55. The van der Waals surface area contributed by atoms with Gasteiger partial charge < -0.3 is 24.0 Å². The Balaban J connectivity index is 1.36. The van der Waals surface area contributed by atoms with E-state index >= 15 is 0 Å².